The Labute approximate surface area is 109 Å². The summed E-state index contributed by atoms with van der Waals surface area (Å²) in [7, 11) is 0. The van der Waals surface area contributed by atoms with E-state index in [2.05, 4.69) is 5.32 Å². The molecule has 0 fully saturated rings. The summed E-state index contributed by atoms with van der Waals surface area (Å²) in [5, 5.41) is 4.55. The summed E-state index contributed by atoms with van der Waals surface area (Å²) in [5.41, 5.74) is 3.25. The molecule has 0 heterocycles. The quantitative estimate of drug-likeness (QED) is 0.752. The summed E-state index contributed by atoms with van der Waals surface area (Å²) in [6, 6.07) is 3.29. The van der Waals surface area contributed by atoms with E-state index in [1.807, 2.05) is 6.92 Å². The molecule has 0 amide bonds. The molecule has 5 heteroatoms. The normalized spacial score (nSPS) is 11.7. The van der Waals surface area contributed by atoms with Crippen molar-refractivity contribution in [3.8, 4) is 0 Å². The van der Waals surface area contributed by atoms with Crippen molar-refractivity contribution in [1.29, 1.82) is 0 Å². The molecule has 0 radical (unpaired) electrons. The first-order chi connectivity index (χ1) is 7.04. The summed E-state index contributed by atoms with van der Waals surface area (Å²) >= 11 is 23.2. The van der Waals surface area contributed by atoms with Crippen LogP contribution in [0.4, 0.5) is 5.69 Å². The lowest BCUT2D eigenvalue weighted by Gasteiger charge is -2.09. The van der Waals surface area contributed by atoms with Crippen molar-refractivity contribution in [2.45, 2.75) is 6.92 Å². The zero-order valence-electron chi connectivity index (χ0n) is 7.95. The average Bonchev–Trinajstić information content (AvgIpc) is 2.21. The first-order valence-corrected chi connectivity index (χ1v) is 5.76. The first-order valence-electron chi connectivity index (χ1n) is 4.19. The molecule has 82 valence electrons. The number of anilines is 1. The van der Waals surface area contributed by atoms with Crippen LogP contribution in [0.15, 0.2) is 23.2 Å². The monoisotopic (exact) mass is 283 g/mol. The predicted octanol–water partition coefficient (Wildman–Crippen LogP) is 5.20. The van der Waals surface area contributed by atoms with Crippen LogP contribution in [-0.4, -0.2) is 6.54 Å². The third kappa shape index (κ3) is 3.76. The minimum Gasteiger partial charge on any atom is -0.380 e. The van der Waals surface area contributed by atoms with Crippen LogP contribution in [0.3, 0.4) is 0 Å². The van der Waals surface area contributed by atoms with Crippen LogP contribution in [0.5, 0.6) is 0 Å². The van der Waals surface area contributed by atoms with Crippen molar-refractivity contribution in [3.63, 3.8) is 0 Å². The van der Waals surface area contributed by atoms with E-state index in [4.69, 9.17) is 46.4 Å². The summed E-state index contributed by atoms with van der Waals surface area (Å²) < 4.78 is 0. The molecule has 0 atom stereocenters. The van der Waals surface area contributed by atoms with Gasteiger partial charge in [-0.15, -0.1) is 0 Å². The summed E-state index contributed by atoms with van der Waals surface area (Å²) in [6.07, 6.45) is 0. The fourth-order valence-corrected chi connectivity index (χ4v) is 1.62. The Morgan fingerprint density at radius 3 is 2.40 bits per heavy atom. The van der Waals surface area contributed by atoms with Crippen LogP contribution in [0.25, 0.3) is 0 Å². The topological polar surface area (TPSA) is 12.0 Å². The van der Waals surface area contributed by atoms with Gasteiger partial charge in [-0.25, -0.2) is 0 Å². The molecule has 15 heavy (non-hydrogen) atoms. The first kappa shape index (κ1) is 13.0. The second kappa shape index (κ2) is 5.86. The third-order valence-electron chi connectivity index (χ3n) is 1.75. The lowest BCUT2D eigenvalue weighted by Crippen LogP contribution is -2.02. The average molecular weight is 285 g/mol. The van der Waals surface area contributed by atoms with E-state index >= 15 is 0 Å². The Bertz CT molecular complexity index is 387. The van der Waals surface area contributed by atoms with Crippen LogP contribution in [-0.2, 0) is 0 Å². The molecule has 0 aliphatic heterocycles. The smallest absolute Gasteiger partial charge is 0.0653 e. The molecule has 1 aromatic carbocycles. The molecular weight excluding hydrogens is 276 g/mol. The summed E-state index contributed by atoms with van der Waals surface area (Å²) in [4.78, 5) is 0. The molecule has 0 aliphatic rings. The van der Waals surface area contributed by atoms with Crippen LogP contribution < -0.4 is 5.32 Å². The Morgan fingerprint density at radius 2 is 1.80 bits per heavy atom. The molecule has 0 bridgehead atoms. The standard InChI is InChI=1S/C10H9Cl4N/c1-6(4-11)5-15-10-3-8(13)7(12)2-9(10)14/h2-4,15H,5H2,1H3/b6-4-. The zero-order chi connectivity index (χ0) is 11.4. The minimum atomic E-state index is 0.442. The van der Waals surface area contributed by atoms with Gasteiger partial charge in [0, 0.05) is 12.1 Å². The van der Waals surface area contributed by atoms with Gasteiger partial charge in [0.05, 0.1) is 20.8 Å². The molecule has 1 N–H and O–H groups in total. The van der Waals surface area contributed by atoms with E-state index < -0.39 is 0 Å². The summed E-state index contributed by atoms with van der Waals surface area (Å²) in [5.74, 6) is 0. The third-order valence-corrected chi connectivity index (χ3v) is 3.16. The zero-order valence-corrected chi connectivity index (χ0v) is 11.0. The second-order valence-electron chi connectivity index (χ2n) is 3.06. The molecule has 0 spiro atoms. The molecule has 0 aliphatic carbocycles. The number of nitrogens with one attached hydrogen (secondary N) is 1. The van der Waals surface area contributed by atoms with E-state index in [0.717, 1.165) is 11.3 Å². The predicted molar refractivity (Wildman–Crippen MR) is 69.6 cm³/mol. The molecule has 1 nitrogen and oxygen atoms in total. The van der Waals surface area contributed by atoms with Gasteiger partial charge < -0.3 is 5.32 Å². The van der Waals surface area contributed by atoms with Gasteiger partial charge in [0.1, 0.15) is 0 Å². The van der Waals surface area contributed by atoms with Crippen LogP contribution in [0.1, 0.15) is 6.92 Å². The van der Waals surface area contributed by atoms with Crippen LogP contribution >= 0.6 is 46.4 Å². The van der Waals surface area contributed by atoms with Gasteiger partial charge in [-0.3, -0.25) is 0 Å². The van der Waals surface area contributed by atoms with Crippen molar-refractivity contribution in [2.75, 3.05) is 11.9 Å². The van der Waals surface area contributed by atoms with Gasteiger partial charge in [-0.1, -0.05) is 46.4 Å². The van der Waals surface area contributed by atoms with Gasteiger partial charge in [0.2, 0.25) is 0 Å². The Morgan fingerprint density at radius 1 is 1.20 bits per heavy atom. The van der Waals surface area contributed by atoms with Crippen molar-refractivity contribution >= 4 is 52.1 Å². The van der Waals surface area contributed by atoms with Crippen LogP contribution in [0, 0.1) is 0 Å². The number of benzene rings is 1. The van der Waals surface area contributed by atoms with E-state index in [1.165, 1.54) is 5.54 Å². The van der Waals surface area contributed by atoms with Crippen molar-refractivity contribution in [1.82, 2.24) is 0 Å². The van der Waals surface area contributed by atoms with Gasteiger partial charge in [0.15, 0.2) is 0 Å². The number of rotatable bonds is 3. The maximum Gasteiger partial charge on any atom is 0.0653 e. The lowest BCUT2D eigenvalue weighted by molar-refractivity contribution is 1.21. The van der Waals surface area contributed by atoms with Gasteiger partial charge in [0.25, 0.3) is 0 Å². The fourth-order valence-electron chi connectivity index (χ4n) is 0.931. The highest BCUT2D eigenvalue weighted by Crippen LogP contribution is 2.32. The Hall–Kier alpha value is -0.0800. The van der Waals surface area contributed by atoms with Crippen LogP contribution in [0.2, 0.25) is 15.1 Å². The van der Waals surface area contributed by atoms with E-state index in [0.29, 0.717) is 21.6 Å². The molecule has 0 aromatic heterocycles. The van der Waals surface area contributed by atoms with Crippen molar-refractivity contribution in [3.05, 3.63) is 38.3 Å². The van der Waals surface area contributed by atoms with E-state index in [1.54, 1.807) is 12.1 Å². The largest absolute Gasteiger partial charge is 0.380 e. The number of hydrogen-bond acceptors (Lipinski definition) is 1. The Kier molecular flexibility index (Phi) is 5.07. The fraction of sp³-hybridized carbons (Fsp3) is 0.200. The SMILES string of the molecule is C/C(=C/Cl)CNc1cc(Cl)c(Cl)cc1Cl. The van der Waals surface area contributed by atoms with Gasteiger partial charge >= 0.3 is 0 Å². The summed E-state index contributed by atoms with van der Waals surface area (Å²) in [6.45, 7) is 2.52. The molecule has 0 saturated carbocycles. The van der Waals surface area contributed by atoms with E-state index in [-0.39, 0.29) is 0 Å². The van der Waals surface area contributed by atoms with Crippen molar-refractivity contribution < 1.29 is 0 Å². The van der Waals surface area contributed by atoms with Gasteiger partial charge in [-0.2, -0.15) is 0 Å². The second-order valence-corrected chi connectivity index (χ2v) is 4.49. The highest BCUT2D eigenvalue weighted by atomic mass is 35.5. The Balaban J connectivity index is 2.82. The maximum atomic E-state index is 5.97. The molecule has 0 saturated heterocycles. The maximum absolute atomic E-state index is 5.97. The minimum absolute atomic E-state index is 0.442. The highest BCUT2D eigenvalue weighted by molar-refractivity contribution is 6.44. The van der Waals surface area contributed by atoms with Gasteiger partial charge in [-0.05, 0) is 24.6 Å². The number of halogens is 4. The van der Waals surface area contributed by atoms with Crippen molar-refractivity contribution in [2.24, 2.45) is 0 Å². The molecule has 1 aromatic rings. The lowest BCUT2D eigenvalue weighted by atomic mass is 10.3. The highest BCUT2D eigenvalue weighted by Gasteiger charge is 2.05. The molecule has 0 unspecified atom stereocenters. The molecular formula is C10H9Cl4N. The molecule has 1 rings (SSSR count). The number of hydrogen-bond donors (Lipinski definition) is 1. The van der Waals surface area contributed by atoms with E-state index in [9.17, 15) is 0 Å².